The first-order valence-corrected chi connectivity index (χ1v) is 5.90. The lowest BCUT2D eigenvalue weighted by molar-refractivity contribution is 0.0765. The standard InChI is InChI=1S/C11H18ClN3O/c1-9(2)16-8-4-3-6-13-10-5-7-14-11(12)15-10/h5,7,9H,3-4,6,8H2,1-2H3,(H,13,14,15). The zero-order valence-electron chi connectivity index (χ0n) is 9.74. The summed E-state index contributed by atoms with van der Waals surface area (Å²) < 4.78 is 5.44. The number of nitrogens with one attached hydrogen (secondary N) is 1. The summed E-state index contributed by atoms with van der Waals surface area (Å²) >= 11 is 5.66. The second-order valence-corrected chi connectivity index (χ2v) is 4.10. The molecule has 0 aliphatic heterocycles. The van der Waals surface area contributed by atoms with E-state index in [0.29, 0.717) is 6.10 Å². The lowest BCUT2D eigenvalue weighted by Crippen LogP contribution is -2.07. The molecular weight excluding hydrogens is 226 g/mol. The van der Waals surface area contributed by atoms with Crippen molar-refractivity contribution in [2.45, 2.75) is 32.8 Å². The van der Waals surface area contributed by atoms with Crippen LogP contribution in [-0.2, 0) is 4.74 Å². The average molecular weight is 244 g/mol. The van der Waals surface area contributed by atoms with Crippen LogP contribution in [0.25, 0.3) is 0 Å². The molecule has 0 radical (unpaired) electrons. The maximum Gasteiger partial charge on any atom is 0.224 e. The van der Waals surface area contributed by atoms with E-state index in [9.17, 15) is 0 Å². The largest absolute Gasteiger partial charge is 0.379 e. The molecule has 0 atom stereocenters. The van der Waals surface area contributed by atoms with Gasteiger partial charge in [0.1, 0.15) is 5.82 Å². The molecule has 1 heterocycles. The SMILES string of the molecule is CC(C)OCCCCNc1ccnc(Cl)n1. The van der Waals surface area contributed by atoms with Crippen LogP contribution in [0.2, 0.25) is 5.28 Å². The summed E-state index contributed by atoms with van der Waals surface area (Å²) in [6.07, 6.45) is 4.05. The number of rotatable bonds is 7. The number of halogens is 1. The van der Waals surface area contributed by atoms with Crippen molar-refractivity contribution in [1.82, 2.24) is 9.97 Å². The van der Waals surface area contributed by atoms with Crippen LogP contribution in [0, 0.1) is 0 Å². The Hall–Kier alpha value is -0.870. The highest BCUT2D eigenvalue weighted by Gasteiger charge is 1.96. The Morgan fingerprint density at radius 3 is 2.94 bits per heavy atom. The van der Waals surface area contributed by atoms with Crippen molar-refractivity contribution in [1.29, 1.82) is 0 Å². The van der Waals surface area contributed by atoms with Gasteiger partial charge in [0.25, 0.3) is 0 Å². The summed E-state index contributed by atoms with van der Waals surface area (Å²) in [5.74, 6) is 0.768. The minimum Gasteiger partial charge on any atom is -0.379 e. The van der Waals surface area contributed by atoms with Gasteiger partial charge in [-0.15, -0.1) is 0 Å². The molecule has 16 heavy (non-hydrogen) atoms. The Morgan fingerprint density at radius 1 is 1.44 bits per heavy atom. The second kappa shape index (κ2) is 7.41. The third-order valence-corrected chi connectivity index (χ3v) is 2.14. The summed E-state index contributed by atoms with van der Waals surface area (Å²) in [6.45, 7) is 5.76. The summed E-state index contributed by atoms with van der Waals surface area (Å²) in [5.41, 5.74) is 0. The Balaban J connectivity index is 2.07. The molecule has 0 bridgehead atoms. The molecule has 1 aromatic heterocycles. The fourth-order valence-corrected chi connectivity index (χ4v) is 1.34. The Kier molecular flexibility index (Phi) is 6.11. The van der Waals surface area contributed by atoms with Crippen LogP contribution < -0.4 is 5.32 Å². The predicted molar refractivity (Wildman–Crippen MR) is 65.9 cm³/mol. The van der Waals surface area contributed by atoms with Crippen molar-refractivity contribution in [2.24, 2.45) is 0 Å². The molecule has 5 heteroatoms. The van der Waals surface area contributed by atoms with E-state index in [1.807, 2.05) is 13.8 Å². The number of hydrogen-bond donors (Lipinski definition) is 1. The zero-order valence-corrected chi connectivity index (χ0v) is 10.5. The van der Waals surface area contributed by atoms with Crippen molar-refractivity contribution in [3.8, 4) is 0 Å². The van der Waals surface area contributed by atoms with E-state index in [1.165, 1.54) is 0 Å². The van der Waals surface area contributed by atoms with Gasteiger partial charge in [-0.1, -0.05) is 0 Å². The Morgan fingerprint density at radius 2 is 2.25 bits per heavy atom. The Labute approximate surface area is 101 Å². The van der Waals surface area contributed by atoms with Gasteiger partial charge < -0.3 is 10.1 Å². The number of aromatic nitrogens is 2. The van der Waals surface area contributed by atoms with E-state index in [4.69, 9.17) is 16.3 Å². The molecule has 0 saturated heterocycles. The van der Waals surface area contributed by atoms with Gasteiger partial charge in [-0.3, -0.25) is 0 Å². The molecular formula is C11H18ClN3O. The maximum atomic E-state index is 5.66. The third kappa shape index (κ3) is 5.88. The lowest BCUT2D eigenvalue weighted by atomic mass is 10.3. The van der Waals surface area contributed by atoms with Gasteiger partial charge in [0.05, 0.1) is 6.10 Å². The van der Waals surface area contributed by atoms with E-state index in [0.717, 1.165) is 31.8 Å². The van der Waals surface area contributed by atoms with Crippen LogP contribution in [0.3, 0.4) is 0 Å². The molecule has 1 N–H and O–H groups in total. The predicted octanol–water partition coefficient (Wildman–Crippen LogP) is 2.75. The zero-order chi connectivity index (χ0) is 11.8. The molecule has 90 valence electrons. The van der Waals surface area contributed by atoms with Gasteiger partial charge in [0.15, 0.2) is 0 Å². The molecule has 0 amide bonds. The summed E-state index contributed by atoms with van der Waals surface area (Å²) in [6, 6.07) is 1.80. The van der Waals surface area contributed by atoms with Crippen LogP contribution in [0.15, 0.2) is 12.3 Å². The highest BCUT2D eigenvalue weighted by atomic mass is 35.5. The molecule has 0 aliphatic carbocycles. The topological polar surface area (TPSA) is 47.0 Å². The normalized spacial score (nSPS) is 10.8. The van der Waals surface area contributed by atoms with Crippen LogP contribution in [0.4, 0.5) is 5.82 Å². The van der Waals surface area contributed by atoms with Gasteiger partial charge >= 0.3 is 0 Å². The van der Waals surface area contributed by atoms with Crippen LogP contribution in [0.1, 0.15) is 26.7 Å². The highest BCUT2D eigenvalue weighted by Crippen LogP contribution is 2.05. The number of ether oxygens (including phenoxy) is 1. The smallest absolute Gasteiger partial charge is 0.224 e. The molecule has 0 unspecified atom stereocenters. The summed E-state index contributed by atoms with van der Waals surface area (Å²) in [5, 5.41) is 3.45. The fraction of sp³-hybridized carbons (Fsp3) is 0.636. The molecule has 0 saturated carbocycles. The van der Waals surface area contributed by atoms with Gasteiger partial charge in [0, 0.05) is 19.3 Å². The van der Waals surface area contributed by atoms with Crippen LogP contribution >= 0.6 is 11.6 Å². The summed E-state index contributed by atoms with van der Waals surface area (Å²) in [4.78, 5) is 7.84. The van der Waals surface area contributed by atoms with Gasteiger partial charge in [0.2, 0.25) is 5.28 Å². The maximum absolute atomic E-state index is 5.66. The van der Waals surface area contributed by atoms with E-state index < -0.39 is 0 Å². The number of anilines is 1. The van der Waals surface area contributed by atoms with Crippen molar-refractivity contribution in [2.75, 3.05) is 18.5 Å². The van der Waals surface area contributed by atoms with Crippen molar-refractivity contribution in [3.05, 3.63) is 17.5 Å². The number of unbranched alkanes of at least 4 members (excludes halogenated alkanes) is 1. The lowest BCUT2D eigenvalue weighted by Gasteiger charge is -2.08. The molecule has 0 aliphatic rings. The molecule has 1 aromatic rings. The molecule has 0 fully saturated rings. The fourth-order valence-electron chi connectivity index (χ4n) is 1.20. The minimum absolute atomic E-state index is 0.271. The first-order valence-electron chi connectivity index (χ1n) is 5.52. The van der Waals surface area contributed by atoms with Gasteiger partial charge in [-0.25, -0.2) is 9.97 Å². The summed E-state index contributed by atoms with van der Waals surface area (Å²) in [7, 11) is 0. The van der Waals surface area contributed by atoms with Crippen LogP contribution in [0.5, 0.6) is 0 Å². The van der Waals surface area contributed by atoms with Crippen molar-refractivity contribution in [3.63, 3.8) is 0 Å². The highest BCUT2D eigenvalue weighted by molar-refractivity contribution is 6.28. The molecule has 0 aromatic carbocycles. The third-order valence-electron chi connectivity index (χ3n) is 1.95. The average Bonchev–Trinajstić information content (AvgIpc) is 2.23. The monoisotopic (exact) mass is 243 g/mol. The van der Waals surface area contributed by atoms with Crippen LogP contribution in [-0.4, -0.2) is 29.2 Å². The minimum atomic E-state index is 0.271. The molecule has 1 rings (SSSR count). The Bertz CT molecular complexity index is 307. The second-order valence-electron chi connectivity index (χ2n) is 3.76. The molecule has 0 spiro atoms. The first-order chi connectivity index (χ1) is 7.68. The van der Waals surface area contributed by atoms with E-state index in [1.54, 1.807) is 12.3 Å². The van der Waals surface area contributed by atoms with Crippen molar-refractivity contribution >= 4 is 17.4 Å². The van der Waals surface area contributed by atoms with E-state index in [-0.39, 0.29) is 5.28 Å². The molecule has 4 nitrogen and oxygen atoms in total. The van der Waals surface area contributed by atoms with Gasteiger partial charge in [-0.2, -0.15) is 0 Å². The first kappa shape index (κ1) is 13.2. The quantitative estimate of drug-likeness (QED) is 0.591. The van der Waals surface area contributed by atoms with E-state index >= 15 is 0 Å². The number of hydrogen-bond acceptors (Lipinski definition) is 4. The van der Waals surface area contributed by atoms with Gasteiger partial charge in [-0.05, 0) is 44.4 Å². The van der Waals surface area contributed by atoms with E-state index in [2.05, 4.69) is 15.3 Å². The van der Waals surface area contributed by atoms with Crippen molar-refractivity contribution < 1.29 is 4.74 Å². The number of nitrogens with zero attached hydrogens (tertiary/aromatic N) is 2.